The van der Waals surface area contributed by atoms with Crippen molar-refractivity contribution in [3.63, 3.8) is 0 Å². The highest BCUT2D eigenvalue weighted by Crippen LogP contribution is 2.32. The molecule has 162 valence electrons. The van der Waals surface area contributed by atoms with E-state index < -0.39 is 10.0 Å². The van der Waals surface area contributed by atoms with Gasteiger partial charge in [-0.2, -0.15) is 0 Å². The first-order valence-electron chi connectivity index (χ1n) is 10.1. The van der Waals surface area contributed by atoms with E-state index in [1.165, 1.54) is 17.7 Å². The highest BCUT2D eigenvalue weighted by molar-refractivity contribution is 7.89. The summed E-state index contributed by atoms with van der Waals surface area (Å²) in [5, 5.41) is 2.90. The lowest BCUT2D eigenvalue weighted by Gasteiger charge is -2.18. The van der Waals surface area contributed by atoms with Crippen LogP contribution >= 0.6 is 0 Å². The summed E-state index contributed by atoms with van der Waals surface area (Å²) in [6.45, 7) is 5.22. The number of fused-ring (bicyclic) bond motifs is 1. The molecule has 0 aromatic heterocycles. The molecule has 0 saturated heterocycles. The molecule has 0 saturated carbocycles. The number of aryl methyl sites for hydroxylation is 2. The molecule has 0 aliphatic carbocycles. The fourth-order valence-electron chi connectivity index (χ4n) is 3.11. The molecule has 2 N–H and O–H groups in total. The van der Waals surface area contributed by atoms with E-state index in [-0.39, 0.29) is 10.8 Å². The molecule has 0 fully saturated rings. The normalized spacial score (nSPS) is 13.1. The Labute approximate surface area is 177 Å². The molecule has 7 nitrogen and oxygen atoms in total. The molecule has 1 aliphatic heterocycles. The summed E-state index contributed by atoms with van der Waals surface area (Å²) in [4.78, 5) is 12.2. The Morgan fingerprint density at radius 1 is 0.933 bits per heavy atom. The Morgan fingerprint density at radius 2 is 1.70 bits per heavy atom. The van der Waals surface area contributed by atoms with Crippen LogP contribution in [0.1, 0.15) is 36.8 Å². The van der Waals surface area contributed by atoms with E-state index in [4.69, 9.17) is 9.47 Å². The predicted molar refractivity (Wildman–Crippen MR) is 116 cm³/mol. The average Bonchev–Trinajstić information content (AvgIpc) is 2.73. The van der Waals surface area contributed by atoms with Crippen LogP contribution in [0.5, 0.6) is 11.5 Å². The molecule has 1 aliphatic rings. The molecule has 0 spiro atoms. The number of rotatable bonds is 9. The largest absolute Gasteiger partial charge is 0.486 e. The molecule has 3 rings (SSSR count). The molecule has 0 radical (unpaired) electrons. The molecule has 0 bridgehead atoms. The van der Waals surface area contributed by atoms with Gasteiger partial charge in [-0.1, -0.05) is 12.5 Å². The van der Waals surface area contributed by atoms with Crippen LogP contribution < -0.4 is 19.5 Å². The highest BCUT2D eigenvalue weighted by Gasteiger charge is 2.18. The number of carbonyl (C=O) groups excluding carboxylic acids is 1. The molecular formula is C22H28N2O5S. The fraction of sp³-hybridized carbons (Fsp3) is 0.409. The van der Waals surface area contributed by atoms with Crippen molar-refractivity contribution in [1.29, 1.82) is 0 Å². The Balaban J connectivity index is 1.37. The van der Waals surface area contributed by atoms with Gasteiger partial charge in [0.2, 0.25) is 15.9 Å². The number of nitrogens with one attached hydrogen (secondary N) is 2. The first-order chi connectivity index (χ1) is 14.3. The van der Waals surface area contributed by atoms with Crippen LogP contribution in [0.25, 0.3) is 0 Å². The van der Waals surface area contributed by atoms with Gasteiger partial charge in [-0.25, -0.2) is 13.1 Å². The summed E-state index contributed by atoms with van der Waals surface area (Å²) in [7, 11) is -3.61. The summed E-state index contributed by atoms with van der Waals surface area (Å²) in [6.07, 6.45) is 2.51. The summed E-state index contributed by atoms with van der Waals surface area (Å²) in [6, 6.07) is 10.4. The Morgan fingerprint density at radius 3 is 2.47 bits per heavy atom. The first-order valence-corrected chi connectivity index (χ1v) is 11.6. The fourth-order valence-corrected chi connectivity index (χ4v) is 4.20. The Bertz CT molecular complexity index is 1000. The molecule has 30 heavy (non-hydrogen) atoms. The van der Waals surface area contributed by atoms with Gasteiger partial charge in [0, 0.05) is 24.7 Å². The quantitative estimate of drug-likeness (QED) is 0.591. The number of benzene rings is 2. The molecule has 0 unspecified atom stereocenters. The smallest absolute Gasteiger partial charge is 0.240 e. The minimum Gasteiger partial charge on any atom is -0.486 e. The van der Waals surface area contributed by atoms with Gasteiger partial charge in [0.15, 0.2) is 11.5 Å². The van der Waals surface area contributed by atoms with Crippen molar-refractivity contribution in [3.8, 4) is 11.5 Å². The van der Waals surface area contributed by atoms with Crippen LogP contribution in [0.2, 0.25) is 0 Å². The van der Waals surface area contributed by atoms with Gasteiger partial charge in [0.05, 0.1) is 4.90 Å². The van der Waals surface area contributed by atoms with Crippen LogP contribution in [-0.4, -0.2) is 34.1 Å². The third-order valence-electron chi connectivity index (χ3n) is 4.99. The molecule has 2 aromatic rings. The van der Waals surface area contributed by atoms with Crippen LogP contribution in [0.4, 0.5) is 5.69 Å². The van der Waals surface area contributed by atoms with Gasteiger partial charge in [0.1, 0.15) is 13.2 Å². The van der Waals surface area contributed by atoms with Crippen LogP contribution in [0.3, 0.4) is 0 Å². The second-order valence-electron chi connectivity index (χ2n) is 7.36. The molecular weight excluding hydrogens is 404 g/mol. The number of amides is 1. The summed E-state index contributed by atoms with van der Waals surface area (Å²) in [5.41, 5.74) is 3.13. The van der Waals surface area contributed by atoms with Gasteiger partial charge < -0.3 is 14.8 Å². The van der Waals surface area contributed by atoms with Crippen molar-refractivity contribution in [2.45, 2.75) is 44.4 Å². The van der Waals surface area contributed by atoms with Gasteiger partial charge in [-0.15, -0.1) is 0 Å². The van der Waals surface area contributed by atoms with E-state index in [0.717, 1.165) is 17.7 Å². The lowest BCUT2D eigenvalue weighted by atomic mass is 10.1. The maximum Gasteiger partial charge on any atom is 0.240 e. The van der Waals surface area contributed by atoms with Crippen molar-refractivity contribution in [2.75, 3.05) is 25.1 Å². The summed E-state index contributed by atoms with van der Waals surface area (Å²) >= 11 is 0. The van der Waals surface area contributed by atoms with Crippen molar-refractivity contribution in [1.82, 2.24) is 4.72 Å². The van der Waals surface area contributed by atoms with Crippen LogP contribution in [-0.2, 0) is 14.8 Å². The number of sulfonamides is 1. The molecule has 0 atom stereocenters. The number of carbonyl (C=O) groups is 1. The van der Waals surface area contributed by atoms with Gasteiger partial charge in [-0.05, 0) is 62.1 Å². The average molecular weight is 433 g/mol. The first kappa shape index (κ1) is 22.1. The minimum absolute atomic E-state index is 0.0323. The summed E-state index contributed by atoms with van der Waals surface area (Å²) in [5.74, 6) is 0.966. The zero-order chi connectivity index (χ0) is 21.6. The van der Waals surface area contributed by atoms with Crippen molar-refractivity contribution in [2.24, 2.45) is 0 Å². The second kappa shape index (κ2) is 9.95. The third kappa shape index (κ3) is 5.96. The van der Waals surface area contributed by atoms with Crippen LogP contribution in [0, 0.1) is 13.8 Å². The van der Waals surface area contributed by atoms with Gasteiger partial charge in [0.25, 0.3) is 0 Å². The number of unbranched alkanes of at least 4 members (excludes halogenated alkanes) is 2. The standard InChI is InChI=1S/C22H28N2O5S/c1-16-7-8-18(14-17(16)2)24-22(25)6-4-3-5-11-23-30(26,27)19-9-10-20-21(15-19)29-13-12-28-20/h7-10,14-15,23H,3-6,11-13H2,1-2H3,(H,24,25). The Kier molecular flexibility index (Phi) is 7.33. The van der Waals surface area contributed by atoms with Crippen molar-refractivity contribution in [3.05, 3.63) is 47.5 Å². The van der Waals surface area contributed by atoms with Gasteiger partial charge >= 0.3 is 0 Å². The van der Waals surface area contributed by atoms with Crippen LogP contribution in [0.15, 0.2) is 41.3 Å². The highest BCUT2D eigenvalue weighted by atomic mass is 32.2. The van der Waals surface area contributed by atoms with E-state index >= 15 is 0 Å². The molecule has 1 amide bonds. The van der Waals surface area contributed by atoms with E-state index in [1.807, 2.05) is 32.0 Å². The maximum atomic E-state index is 12.4. The van der Waals surface area contributed by atoms with E-state index in [1.54, 1.807) is 6.07 Å². The minimum atomic E-state index is -3.61. The van der Waals surface area contributed by atoms with E-state index in [0.29, 0.717) is 50.5 Å². The SMILES string of the molecule is Cc1ccc(NC(=O)CCCCCNS(=O)(=O)c2ccc3c(c2)OCCO3)cc1C. The number of anilines is 1. The topological polar surface area (TPSA) is 93.7 Å². The maximum absolute atomic E-state index is 12.4. The zero-order valence-corrected chi connectivity index (χ0v) is 18.2. The van der Waals surface area contributed by atoms with E-state index in [2.05, 4.69) is 10.0 Å². The van der Waals surface area contributed by atoms with Crippen molar-refractivity contribution < 1.29 is 22.7 Å². The lowest BCUT2D eigenvalue weighted by Crippen LogP contribution is -2.25. The number of hydrogen-bond donors (Lipinski definition) is 2. The molecule has 8 heteroatoms. The monoisotopic (exact) mass is 432 g/mol. The Hall–Kier alpha value is -2.58. The second-order valence-corrected chi connectivity index (χ2v) is 9.13. The third-order valence-corrected chi connectivity index (χ3v) is 6.45. The lowest BCUT2D eigenvalue weighted by molar-refractivity contribution is -0.116. The molecule has 1 heterocycles. The number of ether oxygens (including phenoxy) is 2. The number of hydrogen-bond acceptors (Lipinski definition) is 5. The predicted octanol–water partition coefficient (Wildman–Crippen LogP) is 3.55. The molecule has 2 aromatic carbocycles. The van der Waals surface area contributed by atoms with Crippen molar-refractivity contribution >= 4 is 21.6 Å². The van der Waals surface area contributed by atoms with E-state index in [9.17, 15) is 13.2 Å². The summed E-state index contributed by atoms with van der Waals surface area (Å²) < 4.78 is 38.3. The van der Waals surface area contributed by atoms with Gasteiger partial charge in [-0.3, -0.25) is 4.79 Å². The zero-order valence-electron chi connectivity index (χ0n) is 17.4.